The van der Waals surface area contributed by atoms with Crippen LogP contribution in [-0.2, 0) is 11.2 Å². The number of benzene rings is 1. The zero-order valence-corrected chi connectivity index (χ0v) is 16.2. The first-order valence-electron chi connectivity index (χ1n) is 8.59. The zero-order valence-electron chi connectivity index (χ0n) is 15.4. The summed E-state index contributed by atoms with van der Waals surface area (Å²) in [5.41, 5.74) is 1.43. The third-order valence-corrected chi connectivity index (χ3v) is 3.73. The molecule has 26 heavy (non-hydrogen) atoms. The van der Waals surface area contributed by atoms with Crippen molar-refractivity contribution in [2.75, 3.05) is 19.8 Å². The number of hydrogen-bond acceptors (Lipinski definition) is 4. The van der Waals surface area contributed by atoms with E-state index in [-0.39, 0.29) is 11.5 Å². The molecular formula is C20H25ClN2O3. The molecule has 1 aromatic heterocycles. The van der Waals surface area contributed by atoms with Crippen LogP contribution in [0.15, 0.2) is 42.6 Å². The van der Waals surface area contributed by atoms with Gasteiger partial charge in [0, 0.05) is 23.8 Å². The lowest BCUT2D eigenvalue weighted by molar-refractivity contribution is -0.0168. The third kappa shape index (κ3) is 7.42. The molecule has 0 aliphatic rings. The molecule has 0 unspecified atom stereocenters. The number of ether oxygens (including phenoxy) is 2. The summed E-state index contributed by atoms with van der Waals surface area (Å²) in [4.78, 5) is 16.3. The van der Waals surface area contributed by atoms with E-state index in [1.165, 1.54) is 6.20 Å². The Labute approximate surface area is 159 Å². The summed E-state index contributed by atoms with van der Waals surface area (Å²) in [6, 6.07) is 11.0. The molecule has 0 radical (unpaired) electrons. The predicted octanol–water partition coefficient (Wildman–Crippen LogP) is 3.90. The van der Waals surface area contributed by atoms with Gasteiger partial charge in [-0.3, -0.25) is 4.79 Å². The summed E-state index contributed by atoms with van der Waals surface area (Å²) >= 11 is 5.85. The molecule has 0 fully saturated rings. The van der Waals surface area contributed by atoms with Crippen LogP contribution in [0.1, 0.15) is 36.7 Å². The minimum absolute atomic E-state index is 0.158. The molecule has 0 spiro atoms. The highest BCUT2D eigenvalue weighted by Gasteiger charge is 2.10. The fraction of sp³-hybridized carbons (Fsp3) is 0.400. The van der Waals surface area contributed by atoms with Crippen LogP contribution in [-0.4, -0.2) is 36.3 Å². The fourth-order valence-corrected chi connectivity index (χ4v) is 2.29. The SMILES string of the molecule is CC(C)(C)OCCOc1ccc(C(=O)NCCc2ccc(Cl)cc2)cn1. The van der Waals surface area contributed by atoms with E-state index in [9.17, 15) is 4.79 Å². The van der Waals surface area contributed by atoms with Crippen molar-refractivity contribution in [3.63, 3.8) is 0 Å². The number of nitrogens with one attached hydrogen (secondary N) is 1. The highest BCUT2D eigenvalue weighted by molar-refractivity contribution is 6.30. The predicted molar refractivity (Wildman–Crippen MR) is 103 cm³/mol. The largest absolute Gasteiger partial charge is 0.475 e. The van der Waals surface area contributed by atoms with Crippen LogP contribution < -0.4 is 10.1 Å². The molecule has 0 aliphatic carbocycles. The smallest absolute Gasteiger partial charge is 0.252 e. The second-order valence-electron chi connectivity index (χ2n) is 6.83. The van der Waals surface area contributed by atoms with Crippen LogP contribution >= 0.6 is 11.6 Å². The number of rotatable bonds is 8. The van der Waals surface area contributed by atoms with Crippen LogP contribution in [0.25, 0.3) is 0 Å². The van der Waals surface area contributed by atoms with Gasteiger partial charge < -0.3 is 14.8 Å². The number of aromatic nitrogens is 1. The monoisotopic (exact) mass is 376 g/mol. The molecule has 1 heterocycles. The van der Waals surface area contributed by atoms with Gasteiger partial charge >= 0.3 is 0 Å². The highest BCUT2D eigenvalue weighted by atomic mass is 35.5. The minimum Gasteiger partial charge on any atom is -0.475 e. The summed E-state index contributed by atoms with van der Waals surface area (Å²) in [6.45, 7) is 7.42. The standard InChI is InChI=1S/C20H25ClN2O3/c1-20(2,3)26-13-12-25-18-9-6-16(14-23-18)19(24)22-11-10-15-4-7-17(21)8-5-15/h4-9,14H,10-13H2,1-3H3,(H,22,24). The Morgan fingerprint density at radius 1 is 1.12 bits per heavy atom. The summed E-state index contributed by atoms with van der Waals surface area (Å²) in [5, 5.41) is 3.58. The van der Waals surface area contributed by atoms with Crippen molar-refractivity contribution < 1.29 is 14.3 Å². The molecule has 0 aliphatic heterocycles. The lowest BCUT2D eigenvalue weighted by Gasteiger charge is -2.19. The minimum atomic E-state index is -0.190. The van der Waals surface area contributed by atoms with Crippen LogP contribution in [0.2, 0.25) is 5.02 Å². The molecule has 0 saturated carbocycles. The van der Waals surface area contributed by atoms with Crippen LogP contribution in [0.4, 0.5) is 0 Å². The molecule has 140 valence electrons. The molecule has 6 heteroatoms. The summed E-state index contributed by atoms with van der Waals surface area (Å²) in [5.74, 6) is 0.314. The first kappa shape index (κ1) is 20.2. The first-order chi connectivity index (χ1) is 12.3. The number of carbonyl (C=O) groups excluding carboxylic acids is 1. The van der Waals surface area contributed by atoms with E-state index in [4.69, 9.17) is 21.1 Å². The van der Waals surface area contributed by atoms with Gasteiger partial charge in [-0.25, -0.2) is 4.98 Å². The van der Waals surface area contributed by atoms with Crippen molar-refractivity contribution in [1.29, 1.82) is 0 Å². The van der Waals surface area contributed by atoms with Gasteiger partial charge in [0.05, 0.1) is 17.8 Å². The maximum Gasteiger partial charge on any atom is 0.252 e. The molecule has 1 aromatic carbocycles. The Morgan fingerprint density at radius 3 is 2.46 bits per heavy atom. The Hall–Kier alpha value is -2.11. The van der Waals surface area contributed by atoms with E-state index in [0.717, 1.165) is 12.0 Å². The van der Waals surface area contributed by atoms with E-state index < -0.39 is 0 Å². The van der Waals surface area contributed by atoms with Gasteiger partial charge in [-0.1, -0.05) is 23.7 Å². The molecule has 2 aromatic rings. The van der Waals surface area contributed by atoms with Crippen LogP contribution in [0, 0.1) is 0 Å². The second kappa shape index (κ2) is 9.55. The second-order valence-corrected chi connectivity index (χ2v) is 7.26. The van der Waals surface area contributed by atoms with Gasteiger partial charge in [0.1, 0.15) is 6.61 Å². The first-order valence-corrected chi connectivity index (χ1v) is 8.97. The van der Waals surface area contributed by atoms with Gasteiger partial charge in [-0.2, -0.15) is 0 Å². The number of halogens is 1. The van der Waals surface area contributed by atoms with Gasteiger partial charge in [0.2, 0.25) is 5.88 Å². The Balaban J connectivity index is 1.72. The maximum absolute atomic E-state index is 12.1. The molecular weight excluding hydrogens is 352 g/mol. The third-order valence-electron chi connectivity index (χ3n) is 3.48. The van der Waals surface area contributed by atoms with Gasteiger partial charge in [-0.05, 0) is 51.0 Å². The van der Waals surface area contributed by atoms with E-state index >= 15 is 0 Å². The average molecular weight is 377 g/mol. The van der Waals surface area contributed by atoms with Crippen LogP contribution in [0.5, 0.6) is 5.88 Å². The average Bonchev–Trinajstić information content (AvgIpc) is 2.60. The van der Waals surface area contributed by atoms with E-state index in [1.54, 1.807) is 12.1 Å². The Morgan fingerprint density at radius 2 is 1.85 bits per heavy atom. The molecule has 0 saturated heterocycles. The number of carbonyl (C=O) groups is 1. The highest BCUT2D eigenvalue weighted by Crippen LogP contribution is 2.11. The number of nitrogens with zero attached hydrogens (tertiary/aromatic N) is 1. The molecule has 1 amide bonds. The topological polar surface area (TPSA) is 60.5 Å². The summed E-state index contributed by atoms with van der Waals surface area (Å²) < 4.78 is 11.1. The van der Waals surface area contributed by atoms with Crippen LogP contribution in [0.3, 0.4) is 0 Å². The van der Waals surface area contributed by atoms with Crippen molar-refractivity contribution in [3.8, 4) is 5.88 Å². The van der Waals surface area contributed by atoms with Crippen molar-refractivity contribution in [3.05, 3.63) is 58.7 Å². The molecule has 2 rings (SSSR count). The number of hydrogen-bond donors (Lipinski definition) is 1. The normalized spacial score (nSPS) is 11.2. The maximum atomic E-state index is 12.1. The molecule has 0 bridgehead atoms. The quantitative estimate of drug-likeness (QED) is 0.710. The summed E-state index contributed by atoms with van der Waals surface area (Å²) in [6.07, 6.45) is 2.25. The van der Waals surface area contributed by atoms with Crippen molar-refractivity contribution in [2.45, 2.75) is 32.8 Å². The lowest BCUT2D eigenvalue weighted by Crippen LogP contribution is -2.25. The van der Waals surface area contributed by atoms with Crippen molar-refractivity contribution in [1.82, 2.24) is 10.3 Å². The van der Waals surface area contributed by atoms with Crippen molar-refractivity contribution >= 4 is 17.5 Å². The molecule has 1 N–H and O–H groups in total. The van der Waals surface area contributed by atoms with Gasteiger partial charge in [0.15, 0.2) is 0 Å². The number of pyridine rings is 1. The fourth-order valence-electron chi connectivity index (χ4n) is 2.17. The van der Waals surface area contributed by atoms with Gasteiger partial charge in [-0.15, -0.1) is 0 Å². The molecule has 0 atom stereocenters. The van der Waals surface area contributed by atoms with Crippen molar-refractivity contribution in [2.24, 2.45) is 0 Å². The Bertz CT molecular complexity index is 694. The van der Waals surface area contributed by atoms with Gasteiger partial charge in [0.25, 0.3) is 5.91 Å². The van der Waals surface area contributed by atoms with E-state index in [0.29, 0.717) is 36.2 Å². The molecule has 5 nitrogen and oxygen atoms in total. The van der Waals surface area contributed by atoms with E-state index in [2.05, 4.69) is 10.3 Å². The zero-order chi connectivity index (χ0) is 19.0. The lowest BCUT2D eigenvalue weighted by atomic mass is 10.1. The summed E-state index contributed by atoms with van der Waals surface area (Å²) in [7, 11) is 0. The Kier molecular flexibility index (Phi) is 7.42. The van der Waals surface area contributed by atoms with E-state index in [1.807, 2.05) is 45.0 Å². The number of amides is 1.